The fourth-order valence-corrected chi connectivity index (χ4v) is 2.17. The molecule has 2 aromatic rings. The van der Waals surface area contributed by atoms with Crippen molar-refractivity contribution in [3.05, 3.63) is 39.5 Å². The molecule has 1 aliphatic rings. The molecule has 0 fully saturated rings. The van der Waals surface area contributed by atoms with Gasteiger partial charge >= 0.3 is 5.97 Å². The minimum atomic E-state index is -0.776. The van der Waals surface area contributed by atoms with Gasteiger partial charge < -0.3 is 13.9 Å². The van der Waals surface area contributed by atoms with E-state index in [0.717, 1.165) is 5.56 Å². The van der Waals surface area contributed by atoms with Crippen LogP contribution in [0, 0.1) is 6.92 Å². The molecule has 0 radical (unpaired) electrons. The van der Waals surface area contributed by atoms with Gasteiger partial charge in [0.25, 0.3) is 12.2 Å². The van der Waals surface area contributed by atoms with Gasteiger partial charge in [0.1, 0.15) is 5.58 Å². The molecule has 0 aliphatic carbocycles. The van der Waals surface area contributed by atoms with Gasteiger partial charge in [-0.25, -0.2) is 0 Å². The lowest BCUT2D eigenvalue weighted by atomic mass is 10.1. The van der Waals surface area contributed by atoms with E-state index in [1.165, 1.54) is 6.92 Å². The van der Waals surface area contributed by atoms with Crippen LogP contribution in [0.3, 0.4) is 0 Å². The standard InChI is InChI=1S/C14H12O5/c1-7-3-4-9-11(5-7)18-14-10(13(9)16)6-12(19-14)17-8(2)15/h3-5,12H,6H2,1-2H3. The Kier molecular flexibility index (Phi) is 2.55. The van der Waals surface area contributed by atoms with Gasteiger partial charge in [0.15, 0.2) is 5.43 Å². The van der Waals surface area contributed by atoms with Crippen molar-refractivity contribution >= 4 is 16.9 Å². The zero-order chi connectivity index (χ0) is 13.6. The maximum atomic E-state index is 12.3. The highest BCUT2D eigenvalue weighted by Gasteiger charge is 2.31. The van der Waals surface area contributed by atoms with E-state index < -0.39 is 12.3 Å². The molecular weight excluding hydrogens is 248 g/mol. The maximum absolute atomic E-state index is 12.3. The molecule has 0 saturated carbocycles. The molecule has 1 unspecified atom stereocenters. The van der Waals surface area contributed by atoms with Crippen LogP contribution < -0.4 is 10.2 Å². The Morgan fingerprint density at radius 1 is 1.42 bits per heavy atom. The molecule has 2 heterocycles. The molecule has 0 amide bonds. The molecule has 1 aromatic carbocycles. The highest BCUT2D eigenvalue weighted by atomic mass is 16.7. The molecule has 0 bridgehead atoms. The summed E-state index contributed by atoms with van der Waals surface area (Å²) in [5.74, 6) is -0.306. The largest absolute Gasteiger partial charge is 0.425 e. The van der Waals surface area contributed by atoms with E-state index in [1.54, 1.807) is 12.1 Å². The van der Waals surface area contributed by atoms with Crippen LogP contribution in [0.15, 0.2) is 27.4 Å². The number of carbonyl (C=O) groups excluding carboxylic acids is 1. The summed E-state index contributed by atoms with van der Waals surface area (Å²) >= 11 is 0. The minimum absolute atomic E-state index is 0.133. The van der Waals surface area contributed by atoms with E-state index >= 15 is 0 Å². The van der Waals surface area contributed by atoms with Gasteiger partial charge in [-0.15, -0.1) is 0 Å². The molecule has 1 aliphatic heterocycles. The summed E-state index contributed by atoms with van der Waals surface area (Å²) < 4.78 is 15.8. The lowest BCUT2D eigenvalue weighted by Crippen LogP contribution is -2.20. The molecule has 0 spiro atoms. The van der Waals surface area contributed by atoms with Crippen molar-refractivity contribution in [1.82, 2.24) is 0 Å². The van der Waals surface area contributed by atoms with Gasteiger partial charge in [0.05, 0.1) is 17.4 Å². The Bertz CT molecular complexity index is 728. The van der Waals surface area contributed by atoms with Gasteiger partial charge in [-0.2, -0.15) is 0 Å². The van der Waals surface area contributed by atoms with Gasteiger partial charge in [-0.1, -0.05) is 6.07 Å². The van der Waals surface area contributed by atoms with Crippen LogP contribution >= 0.6 is 0 Å². The Morgan fingerprint density at radius 3 is 2.95 bits per heavy atom. The van der Waals surface area contributed by atoms with Crippen LogP contribution in [0.25, 0.3) is 11.0 Å². The van der Waals surface area contributed by atoms with E-state index in [0.29, 0.717) is 16.5 Å². The summed E-state index contributed by atoms with van der Waals surface area (Å²) in [5.41, 5.74) is 1.76. The van der Waals surface area contributed by atoms with Crippen LogP contribution in [0.5, 0.6) is 5.95 Å². The number of benzene rings is 1. The number of carbonyl (C=O) groups is 1. The van der Waals surface area contributed by atoms with Gasteiger partial charge in [0, 0.05) is 6.92 Å². The Labute approximate surface area is 108 Å². The summed E-state index contributed by atoms with van der Waals surface area (Å²) in [4.78, 5) is 23.2. The van der Waals surface area contributed by atoms with E-state index in [9.17, 15) is 9.59 Å². The first-order valence-corrected chi connectivity index (χ1v) is 5.95. The third-order valence-corrected chi connectivity index (χ3v) is 3.01. The van der Waals surface area contributed by atoms with Crippen LogP contribution in [0.2, 0.25) is 0 Å². The summed E-state index contributed by atoms with van der Waals surface area (Å²) in [7, 11) is 0. The summed E-state index contributed by atoms with van der Waals surface area (Å²) in [6.07, 6.45) is -0.553. The van der Waals surface area contributed by atoms with E-state index in [2.05, 4.69) is 0 Å². The summed E-state index contributed by atoms with van der Waals surface area (Å²) in [5, 5.41) is 0.511. The highest BCUT2D eigenvalue weighted by Crippen LogP contribution is 2.30. The zero-order valence-electron chi connectivity index (χ0n) is 10.6. The smallest absolute Gasteiger partial charge is 0.305 e. The van der Waals surface area contributed by atoms with Crippen LogP contribution in [-0.4, -0.2) is 12.3 Å². The average Bonchev–Trinajstić information content (AvgIpc) is 2.70. The summed E-state index contributed by atoms with van der Waals surface area (Å²) in [6.45, 7) is 3.21. The highest BCUT2D eigenvalue weighted by molar-refractivity contribution is 5.78. The average molecular weight is 260 g/mol. The predicted octanol–water partition coefficient (Wildman–Crippen LogP) is 1.93. The van der Waals surface area contributed by atoms with E-state index in [-0.39, 0.29) is 17.8 Å². The second-order valence-electron chi connectivity index (χ2n) is 4.56. The third kappa shape index (κ3) is 1.97. The fraction of sp³-hybridized carbons (Fsp3) is 0.286. The topological polar surface area (TPSA) is 65.7 Å². The fourth-order valence-electron chi connectivity index (χ4n) is 2.17. The SMILES string of the molecule is CC(=O)OC1Cc2c(oc3cc(C)ccc3c2=O)O1. The molecule has 1 aromatic heterocycles. The van der Waals surface area contributed by atoms with E-state index in [1.807, 2.05) is 13.0 Å². The van der Waals surface area contributed by atoms with Crippen LogP contribution in [-0.2, 0) is 16.0 Å². The Morgan fingerprint density at radius 2 is 2.21 bits per heavy atom. The van der Waals surface area contributed by atoms with Crippen molar-refractivity contribution in [1.29, 1.82) is 0 Å². The van der Waals surface area contributed by atoms with Crippen molar-refractivity contribution in [2.24, 2.45) is 0 Å². The van der Waals surface area contributed by atoms with E-state index in [4.69, 9.17) is 13.9 Å². The van der Waals surface area contributed by atoms with Crippen molar-refractivity contribution in [2.75, 3.05) is 0 Å². The maximum Gasteiger partial charge on any atom is 0.305 e. The second-order valence-corrected chi connectivity index (χ2v) is 4.56. The first-order valence-electron chi connectivity index (χ1n) is 5.95. The molecule has 19 heavy (non-hydrogen) atoms. The van der Waals surface area contributed by atoms with Crippen LogP contribution in [0.4, 0.5) is 0 Å². The Balaban J connectivity index is 2.10. The van der Waals surface area contributed by atoms with Crippen LogP contribution in [0.1, 0.15) is 18.1 Å². The first-order chi connectivity index (χ1) is 9.04. The molecule has 0 saturated heterocycles. The minimum Gasteiger partial charge on any atom is -0.425 e. The first kappa shape index (κ1) is 11.8. The summed E-state index contributed by atoms with van der Waals surface area (Å²) in [6, 6.07) is 5.36. The molecule has 98 valence electrons. The number of hydrogen-bond donors (Lipinski definition) is 0. The Hall–Kier alpha value is -2.30. The molecule has 5 nitrogen and oxygen atoms in total. The van der Waals surface area contributed by atoms with Gasteiger partial charge in [0.2, 0.25) is 0 Å². The predicted molar refractivity (Wildman–Crippen MR) is 67.1 cm³/mol. The second kappa shape index (κ2) is 4.12. The molecular formula is C14H12O5. The van der Waals surface area contributed by atoms with Gasteiger partial charge in [-0.3, -0.25) is 9.59 Å². The number of rotatable bonds is 1. The molecule has 0 N–H and O–H groups in total. The van der Waals surface area contributed by atoms with Crippen molar-refractivity contribution in [3.63, 3.8) is 0 Å². The lowest BCUT2D eigenvalue weighted by Gasteiger charge is -2.08. The number of fused-ring (bicyclic) bond motifs is 2. The molecule has 1 atom stereocenters. The molecule has 3 rings (SSSR count). The van der Waals surface area contributed by atoms with Crippen molar-refractivity contribution in [2.45, 2.75) is 26.6 Å². The van der Waals surface area contributed by atoms with Crippen molar-refractivity contribution in [3.8, 4) is 5.95 Å². The van der Waals surface area contributed by atoms with Crippen molar-refractivity contribution < 1.29 is 18.7 Å². The normalized spacial score (nSPS) is 17.1. The number of ether oxygens (including phenoxy) is 2. The molecule has 5 heteroatoms. The monoisotopic (exact) mass is 260 g/mol. The number of hydrogen-bond acceptors (Lipinski definition) is 5. The lowest BCUT2D eigenvalue weighted by molar-refractivity contribution is -0.159. The number of esters is 1. The van der Waals surface area contributed by atoms with Gasteiger partial charge in [-0.05, 0) is 24.6 Å². The quantitative estimate of drug-likeness (QED) is 0.733. The number of aryl methyl sites for hydroxylation is 1. The third-order valence-electron chi connectivity index (χ3n) is 3.01. The zero-order valence-corrected chi connectivity index (χ0v) is 10.6.